The molecule has 0 aromatic heterocycles. The average molecular weight is 1130 g/mol. The highest BCUT2D eigenvalue weighted by atomic mass is 16.3. The van der Waals surface area contributed by atoms with Crippen LogP contribution in [0.15, 0.2) is 134 Å². The molecule has 0 fully saturated rings. The average Bonchev–Trinajstić information content (AvgIpc) is 3.50. The molecule has 4 nitrogen and oxygen atoms in total. The van der Waals surface area contributed by atoms with Crippen molar-refractivity contribution in [3.8, 4) is 0 Å². The molecule has 2 unspecified atom stereocenters. The monoisotopic (exact) mass is 1130 g/mol. The fraction of sp³-hybridized carbons (Fsp3) is 0.705. The molecule has 82 heavy (non-hydrogen) atoms. The van der Waals surface area contributed by atoms with Gasteiger partial charge in [-0.3, -0.25) is 4.79 Å². The number of carbonyl (C=O) groups excluding carboxylic acids is 1. The van der Waals surface area contributed by atoms with E-state index in [1.54, 1.807) is 6.08 Å². The van der Waals surface area contributed by atoms with Crippen molar-refractivity contribution in [3.05, 3.63) is 134 Å². The van der Waals surface area contributed by atoms with Gasteiger partial charge in [0.2, 0.25) is 5.91 Å². The van der Waals surface area contributed by atoms with Crippen LogP contribution in [0.3, 0.4) is 0 Å². The molecule has 0 aliphatic carbocycles. The van der Waals surface area contributed by atoms with Crippen LogP contribution in [0.5, 0.6) is 0 Å². The van der Waals surface area contributed by atoms with Gasteiger partial charge in [-0.15, -0.1) is 0 Å². The van der Waals surface area contributed by atoms with Crippen LogP contribution in [0.2, 0.25) is 0 Å². The van der Waals surface area contributed by atoms with E-state index >= 15 is 0 Å². The standard InChI is InChI=1S/C78H135NO3/c1-3-5-7-9-11-13-15-17-19-21-23-25-27-29-31-33-35-36-37-38-39-40-41-42-44-46-48-50-52-54-56-58-60-62-64-66-68-70-72-74-78(82)79-76(75-80)77(81)73-71-69-67-65-63-61-59-57-55-53-51-49-47-45-43-34-32-30-28-26-24-22-20-18-16-14-12-10-8-6-4-2/h5,7,11,13,17,19,23,25,29,31,35-36,38-39,41-42,55,57,63,65,71,73,76-77,80-81H,3-4,6,8-10,12,14-16,18,20-22,24,26-28,30,32-34,37,40,43-54,56,58-62,64,66-70,72,74-75H2,1-2H3,(H,79,82)/b7-5-,13-11-,19-17-,25-23-,31-29-,36-35-,39-38-,42-41-,57-55+,65-63+,73-71+. The van der Waals surface area contributed by atoms with Crippen molar-refractivity contribution in [2.75, 3.05) is 6.61 Å². The van der Waals surface area contributed by atoms with E-state index in [1.165, 1.54) is 225 Å². The number of unbranched alkanes of at least 4 members (excludes halogenated alkanes) is 37. The molecule has 0 spiro atoms. The second-order valence-electron chi connectivity index (χ2n) is 23.6. The Morgan fingerprint density at radius 2 is 0.549 bits per heavy atom. The van der Waals surface area contributed by atoms with Crippen LogP contribution >= 0.6 is 0 Å². The number of hydrogen-bond donors (Lipinski definition) is 3. The van der Waals surface area contributed by atoms with Gasteiger partial charge in [-0.25, -0.2) is 0 Å². The van der Waals surface area contributed by atoms with E-state index in [1.807, 2.05) is 6.08 Å². The number of aliphatic hydroxyl groups excluding tert-OH is 2. The van der Waals surface area contributed by atoms with E-state index in [0.29, 0.717) is 6.42 Å². The second kappa shape index (κ2) is 71.8. The van der Waals surface area contributed by atoms with Gasteiger partial charge < -0.3 is 15.5 Å². The van der Waals surface area contributed by atoms with Gasteiger partial charge >= 0.3 is 0 Å². The molecule has 1 amide bonds. The van der Waals surface area contributed by atoms with E-state index in [-0.39, 0.29) is 12.5 Å². The summed E-state index contributed by atoms with van der Waals surface area (Å²) in [5.74, 6) is -0.0800. The maximum atomic E-state index is 12.5. The number of aliphatic hydroxyl groups is 2. The summed E-state index contributed by atoms with van der Waals surface area (Å²) in [6, 6.07) is -0.656. The lowest BCUT2D eigenvalue weighted by molar-refractivity contribution is -0.123. The Labute approximate surface area is 511 Å². The zero-order chi connectivity index (χ0) is 59.1. The first-order chi connectivity index (χ1) is 40.7. The minimum Gasteiger partial charge on any atom is -0.394 e. The van der Waals surface area contributed by atoms with E-state index in [4.69, 9.17) is 0 Å². The Morgan fingerprint density at radius 1 is 0.305 bits per heavy atom. The molecule has 0 radical (unpaired) electrons. The molecule has 2 atom stereocenters. The van der Waals surface area contributed by atoms with E-state index in [9.17, 15) is 15.0 Å². The maximum absolute atomic E-state index is 12.5. The van der Waals surface area contributed by atoms with Gasteiger partial charge in [0.05, 0.1) is 18.8 Å². The van der Waals surface area contributed by atoms with Crippen molar-refractivity contribution in [3.63, 3.8) is 0 Å². The maximum Gasteiger partial charge on any atom is 0.220 e. The SMILES string of the molecule is CC/C=C\C/C=C\C/C=C\C/C=C\C/C=C\C/C=C\C/C=C\C/C=C\CCCCCCCCCCCCCCCCC(=O)NC(CO)C(O)/C=C/CC/C=C/CC/C=C/CCCCCCCCCCCCCCCCCCCCCCC. The van der Waals surface area contributed by atoms with Crippen molar-refractivity contribution in [2.45, 2.75) is 347 Å². The minimum atomic E-state index is -0.880. The topological polar surface area (TPSA) is 69.6 Å². The van der Waals surface area contributed by atoms with Crippen LogP contribution in [0.25, 0.3) is 0 Å². The predicted octanol–water partition coefficient (Wildman–Crippen LogP) is 24.5. The van der Waals surface area contributed by atoms with Gasteiger partial charge in [0.25, 0.3) is 0 Å². The molecule has 0 saturated heterocycles. The van der Waals surface area contributed by atoms with Crippen LogP contribution in [0.4, 0.5) is 0 Å². The Kier molecular flexibility index (Phi) is 68.8. The molecule has 0 aromatic carbocycles. The van der Waals surface area contributed by atoms with Crippen LogP contribution < -0.4 is 5.32 Å². The van der Waals surface area contributed by atoms with Gasteiger partial charge in [0.1, 0.15) is 0 Å². The second-order valence-corrected chi connectivity index (χ2v) is 23.6. The van der Waals surface area contributed by atoms with Crippen molar-refractivity contribution in [2.24, 2.45) is 0 Å². The molecular formula is C78H135NO3. The van der Waals surface area contributed by atoms with Gasteiger partial charge in [0, 0.05) is 6.42 Å². The zero-order valence-corrected chi connectivity index (χ0v) is 54.2. The van der Waals surface area contributed by atoms with Crippen molar-refractivity contribution < 1.29 is 15.0 Å². The van der Waals surface area contributed by atoms with Gasteiger partial charge in [-0.05, 0) is 109 Å². The van der Waals surface area contributed by atoms with Crippen molar-refractivity contribution >= 4 is 5.91 Å². The minimum absolute atomic E-state index is 0.0800. The first-order valence-electron chi connectivity index (χ1n) is 35.4. The van der Waals surface area contributed by atoms with E-state index < -0.39 is 12.1 Å². The fourth-order valence-corrected chi connectivity index (χ4v) is 10.3. The van der Waals surface area contributed by atoms with Crippen LogP contribution in [-0.4, -0.2) is 34.9 Å². The van der Waals surface area contributed by atoms with Crippen molar-refractivity contribution in [1.29, 1.82) is 0 Å². The highest BCUT2D eigenvalue weighted by Gasteiger charge is 2.18. The summed E-state index contributed by atoms with van der Waals surface area (Å²) in [6.45, 7) is 4.20. The summed E-state index contributed by atoms with van der Waals surface area (Å²) in [7, 11) is 0. The Bertz CT molecular complexity index is 1620. The number of amides is 1. The summed E-state index contributed by atoms with van der Waals surface area (Å²) < 4.78 is 0. The molecule has 0 saturated carbocycles. The highest BCUT2D eigenvalue weighted by molar-refractivity contribution is 5.76. The summed E-state index contributed by atoms with van der Waals surface area (Å²) in [5, 5.41) is 23.3. The Morgan fingerprint density at radius 3 is 0.854 bits per heavy atom. The lowest BCUT2D eigenvalue weighted by Crippen LogP contribution is -2.45. The lowest BCUT2D eigenvalue weighted by atomic mass is 10.0. The molecule has 3 N–H and O–H groups in total. The fourth-order valence-electron chi connectivity index (χ4n) is 10.3. The smallest absolute Gasteiger partial charge is 0.220 e. The number of allylic oxidation sites excluding steroid dienone is 21. The van der Waals surface area contributed by atoms with Crippen LogP contribution in [0.1, 0.15) is 335 Å². The predicted molar refractivity (Wildman–Crippen MR) is 368 cm³/mol. The molecule has 0 heterocycles. The van der Waals surface area contributed by atoms with Gasteiger partial charge in [-0.1, -0.05) is 353 Å². The molecule has 4 heteroatoms. The van der Waals surface area contributed by atoms with E-state index in [2.05, 4.69) is 141 Å². The highest BCUT2D eigenvalue weighted by Crippen LogP contribution is 2.17. The number of nitrogens with one attached hydrogen (secondary N) is 1. The Hall–Kier alpha value is -3.47. The van der Waals surface area contributed by atoms with Crippen LogP contribution in [0, 0.1) is 0 Å². The molecular weight excluding hydrogens is 999 g/mol. The molecule has 0 aliphatic heterocycles. The lowest BCUT2D eigenvalue weighted by Gasteiger charge is -2.19. The quantitative estimate of drug-likeness (QED) is 0.0420. The number of carbonyl (C=O) groups is 1. The van der Waals surface area contributed by atoms with Gasteiger partial charge in [-0.2, -0.15) is 0 Å². The van der Waals surface area contributed by atoms with Gasteiger partial charge in [0.15, 0.2) is 0 Å². The summed E-state index contributed by atoms with van der Waals surface area (Å²) in [6.07, 6.45) is 111. The number of rotatable bonds is 64. The molecule has 0 aromatic rings. The third kappa shape index (κ3) is 67.3. The summed E-state index contributed by atoms with van der Waals surface area (Å²) >= 11 is 0. The largest absolute Gasteiger partial charge is 0.394 e. The molecule has 470 valence electrons. The molecule has 0 aliphatic rings. The zero-order valence-electron chi connectivity index (χ0n) is 54.2. The first-order valence-corrected chi connectivity index (χ1v) is 35.4. The normalized spacial score (nSPS) is 13.6. The summed E-state index contributed by atoms with van der Waals surface area (Å²) in [4.78, 5) is 12.5. The van der Waals surface area contributed by atoms with Crippen molar-refractivity contribution in [1.82, 2.24) is 5.32 Å². The Balaban J connectivity index is 3.56. The van der Waals surface area contributed by atoms with Crippen LogP contribution in [-0.2, 0) is 4.79 Å². The third-order valence-electron chi connectivity index (χ3n) is 15.6. The molecule has 0 bridgehead atoms. The third-order valence-corrected chi connectivity index (χ3v) is 15.6. The van der Waals surface area contributed by atoms with E-state index in [0.717, 1.165) is 89.9 Å². The number of hydrogen-bond acceptors (Lipinski definition) is 3. The summed E-state index contributed by atoms with van der Waals surface area (Å²) in [5.41, 5.74) is 0. The molecule has 0 rings (SSSR count). The first kappa shape index (κ1) is 78.5.